The standard InChI is InChI=1S/C34H35N5O7S/c1-21-5-11-27(12-6-21)47(42,43)38-14-13-28-32(38)35-16-30-31(24-7-9-25(10-8-24)45-20-34(4)18-44-19-34)36-33(39(28)30)29-15-26(46-23(3)41)17-37(29)22(2)40/h5-14,16,26,29H,15,17-20H2,1-4H3/t26-,29-/m1/s1. The molecule has 5 heterocycles. The summed E-state index contributed by atoms with van der Waals surface area (Å²) in [5, 5.41) is 0. The molecule has 1 amide bonds. The highest BCUT2D eigenvalue weighted by Gasteiger charge is 2.40. The van der Waals surface area contributed by atoms with Crippen molar-refractivity contribution in [1.29, 1.82) is 0 Å². The Bertz CT molecular complexity index is 2120. The number of benzene rings is 2. The van der Waals surface area contributed by atoms with Crippen LogP contribution in [0.3, 0.4) is 0 Å². The van der Waals surface area contributed by atoms with Gasteiger partial charge in [-0.2, -0.15) is 0 Å². The van der Waals surface area contributed by atoms with Crippen molar-refractivity contribution in [2.45, 2.75) is 51.2 Å². The van der Waals surface area contributed by atoms with Crippen molar-refractivity contribution in [3.63, 3.8) is 0 Å². The maximum absolute atomic E-state index is 13.8. The van der Waals surface area contributed by atoms with E-state index in [0.29, 0.717) is 54.5 Å². The van der Waals surface area contributed by atoms with Gasteiger partial charge < -0.3 is 19.1 Å². The molecule has 244 valence electrons. The molecule has 2 aliphatic heterocycles. The number of amides is 1. The molecule has 2 fully saturated rings. The minimum absolute atomic E-state index is 0.00185. The number of aryl methyl sites for hydroxylation is 1. The molecule has 13 heteroatoms. The van der Waals surface area contributed by atoms with Crippen molar-refractivity contribution in [2.75, 3.05) is 26.4 Å². The van der Waals surface area contributed by atoms with Gasteiger partial charge in [0.05, 0.1) is 60.2 Å². The Morgan fingerprint density at radius 2 is 1.74 bits per heavy atom. The average molecular weight is 658 g/mol. The van der Waals surface area contributed by atoms with Gasteiger partial charge in [-0.05, 0) is 49.4 Å². The van der Waals surface area contributed by atoms with Crippen LogP contribution in [0.2, 0.25) is 0 Å². The fraction of sp³-hybridized carbons (Fsp3) is 0.353. The molecule has 2 atom stereocenters. The van der Waals surface area contributed by atoms with Crippen molar-refractivity contribution < 1.29 is 32.2 Å². The normalized spacial score (nSPS) is 19.2. The Labute approximate surface area is 271 Å². The molecule has 2 aliphatic rings. The SMILES string of the molecule is CC(=O)O[C@@H]1C[C@H](c2nc(-c3ccc(OCC4(C)COC4)cc3)c3cnc4c(ccn4S(=O)(=O)c4ccc(C)cc4)n23)N(C(C)=O)C1. The summed E-state index contributed by atoms with van der Waals surface area (Å²) >= 11 is 0. The van der Waals surface area contributed by atoms with Crippen LogP contribution in [-0.2, 0) is 29.1 Å². The van der Waals surface area contributed by atoms with E-state index in [1.54, 1.807) is 41.4 Å². The van der Waals surface area contributed by atoms with Crippen LogP contribution >= 0.6 is 0 Å². The number of esters is 1. The molecule has 0 bridgehead atoms. The van der Waals surface area contributed by atoms with Crippen molar-refractivity contribution in [1.82, 2.24) is 23.2 Å². The zero-order chi connectivity index (χ0) is 33.1. The lowest BCUT2D eigenvalue weighted by molar-refractivity contribution is -0.146. The summed E-state index contributed by atoms with van der Waals surface area (Å²) in [4.78, 5) is 36.2. The van der Waals surface area contributed by atoms with Crippen LogP contribution in [0.1, 0.15) is 44.6 Å². The lowest BCUT2D eigenvalue weighted by atomic mass is 9.90. The van der Waals surface area contributed by atoms with Gasteiger partial charge in [0.25, 0.3) is 10.0 Å². The Kier molecular flexibility index (Phi) is 7.55. The Morgan fingerprint density at radius 1 is 1.02 bits per heavy atom. The Hall–Kier alpha value is -4.75. The highest BCUT2D eigenvalue weighted by molar-refractivity contribution is 7.90. The molecule has 0 unspecified atom stereocenters. The highest BCUT2D eigenvalue weighted by atomic mass is 32.2. The Balaban J connectivity index is 1.36. The van der Waals surface area contributed by atoms with Crippen LogP contribution in [0, 0.1) is 12.3 Å². The largest absolute Gasteiger partial charge is 0.493 e. The minimum Gasteiger partial charge on any atom is -0.493 e. The topological polar surface area (TPSA) is 134 Å². The molecule has 2 saturated heterocycles. The number of carbonyl (C=O) groups excluding carboxylic acids is 2. The van der Waals surface area contributed by atoms with Crippen LogP contribution in [0.15, 0.2) is 71.9 Å². The number of nitrogens with zero attached hydrogens (tertiary/aromatic N) is 5. The predicted octanol–water partition coefficient (Wildman–Crippen LogP) is 4.54. The quantitative estimate of drug-likeness (QED) is 0.221. The summed E-state index contributed by atoms with van der Waals surface area (Å²) in [5.41, 5.74) is 3.68. The smallest absolute Gasteiger partial charge is 0.302 e. The highest BCUT2D eigenvalue weighted by Crippen LogP contribution is 2.38. The van der Waals surface area contributed by atoms with E-state index in [2.05, 4.69) is 11.9 Å². The number of fused-ring (bicyclic) bond motifs is 3. The molecule has 3 aromatic heterocycles. The Morgan fingerprint density at radius 3 is 2.38 bits per heavy atom. The zero-order valence-corrected chi connectivity index (χ0v) is 27.4. The summed E-state index contributed by atoms with van der Waals surface area (Å²) in [5.74, 6) is 0.599. The fourth-order valence-corrected chi connectivity index (χ4v) is 7.60. The second-order valence-corrected chi connectivity index (χ2v) is 14.5. The molecule has 0 aliphatic carbocycles. The number of hydrogen-bond donors (Lipinski definition) is 0. The second kappa shape index (κ2) is 11.5. The summed E-state index contributed by atoms with van der Waals surface area (Å²) in [6, 6.07) is 15.4. The maximum atomic E-state index is 13.8. The molecule has 2 aromatic carbocycles. The number of imidazole rings is 1. The van der Waals surface area contributed by atoms with Crippen molar-refractivity contribution in [3.8, 4) is 17.0 Å². The maximum Gasteiger partial charge on any atom is 0.302 e. The molecule has 5 aromatic rings. The third kappa shape index (κ3) is 5.52. The third-order valence-corrected chi connectivity index (χ3v) is 10.5. The van der Waals surface area contributed by atoms with Crippen LogP contribution in [0.25, 0.3) is 27.9 Å². The summed E-state index contributed by atoms with van der Waals surface area (Å²) in [7, 11) is -3.97. The van der Waals surface area contributed by atoms with Crippen molar-refractivity contribution >= 4 is 38.6 Å². The van der Waals surface area contributed by atoms with Gasteiger partial charge in [0, 0.05) is 37.4 Å². The van der Waals surface area contributed by atoms with Crippen molar-refractivity contribution in [3.05, 3.63) is 78.4 Å². The lowest BCUT2D eigenvalue weighted by Gasteiger charge is -2.37. The number of likely N-dealkylation sites (tertiary alicyclic amines) is 1. The summed E-state index contributed by atoms with van der Waals surface area (Å²) < 4.78 is 47.4. The third-order valence-electron chi connectivity index (χ3n) is 8.79. The second-order valence-electron chi connectivity index (χ2n) is 12.7. The summed E-state index contributed by atoms with van der Waals surface area (Å²) in [6.07, 6.45) is 2.90. The zero-order valence-electron chi connectivity index (χ0n) is 26.5. The first kappa shape index (κ1) is 30.9. The van der Waals surface area contributed by atoms with E-state index in [-0.39, 0.29) is 28.4 Å². The molecule has 7 rings (SSSR count). The molecule has 0 N–H and O–H groups in total. The van der Waals surface area contributed by atoms with E-state index >= 15 is 0 Å². The van der Waals surface area contributed by atoms with Gasteiger partial charge in [-0.15, -0.1) is 0 Å². The van der Waals surface area contributed by atoms with Crippen molar-refractivity contribution in [2.24, 2.45) is 5.41 Å². The van der Waals surface area contributed by atoms with E-state index in [4.69, 9.17) is 19.2 Å². The molecule has 0 spiro atoms. The van der Waals surface area contributed by atoms with Gasteiger partial charge in [-0.3, -0.25) is 14.0 Å². The lowest BCUT2D eigenvalue weighted by Crippen LogP contribution is -2.44. The van der Waals surface area contributed by atoms with Crippen LogP contribution in [-0.4, -0.2) is 76.0 Å². The predicted molar refractivity (Wildman–Crippen MR) is 172 cm³/mol. The van der Waals surface area contributed by atoms with E-state index in [1.807, 2.05) is 35.6 Å². The first-order valence-corrected chi connectivity index (χ1v) is 16.8. The molecule has 0 radical (unpaired) electrons. The molecule has 47 heavy (non-hydrogen) atoms. The molecule has 12 nitrogen and oxygen atoms in total. The van der Waals surface area contributed by atoms with Crippen LogP contribution < -0.4 is 4.74 Å². The van der Waals surface area contributed by atoms with Crippen LogP contribution in [0.5, 0.6) is 5.75 Å². The minimum atomic E-state index is -3.97. The number of aromatic nitrogens is 4. The first-order chi connectivity index (χ1) is 22.4. The van der Waals surface area contributed by atoms with E-state index < -0.39 is 28.1 Å². The number of carbonyl (C=O) groups is 2. The van der Waals surface area contributed by atoms with Gasteiger partial charge >= 0.3 is 5.97 Å². The monoisotopic (exact) mass is 657 g/mol. The van der Waals surface area contributed by atoms with Gasteiger partial charge in [0.1, 0.15) is 17.7 Å². The number of hydrogen-bond acceptors (Lipinski definition) is 9. The van der Waals surface area contributed by atoms with E-state index in [1.165, 1.54) is 20.0 Å². The first-order valence-electron chi connectivity index (χ1n) is 15.4. The van der Waals surface area contributed by atoms with Gasteiger partial charge in [0.15, 0.2) is 5.65 Å². The van der Waals surface area contributed by atoms with Crippen LogP contribution in [0.4, 0.5) is 0 Å². The molecule has 0 saturated carbocycles. The fourth-order valence-electron chi connectivity index (χ4n) is 6.30. The average Bonchev–Trinajstić information content (AvgIpc) is 3.74. The van der Waals surface area contributed by atoms with E-state index in [9.17, 15) is 18.0 Å². The molecular formula is C34H35N5O7S. The number of rotatable bonds is 8. The summed E-state index contributed by atoms with van der Waals surface area (Å²) in [6.45, 7) is 8.92. The van der Waals surface area contributed by atoms with Gasteiger partial charge in [-0.1, -0.05) is 24.6 Å². The van der Waals surface area contributed by atoms with E-state index in [0.717, 1.165) is 15.1 Å². The number of ether oxygens (including phenoxy) is 3. The van der Waals surface area contributed by atoms with Gasteiger partial charge in [-0.25, -0.2) is 22.4 Å². The molecular weight excluding hydrogens is 622 g/mol. The van der Waals surface area contributed by atoms with Gasteiger partial charge in [0.2, 0.25) is 5.91 Å².